The van der Waals surface area contributed by atoms with Crippen LogP contribution in [-0.2, 0) is 38.3 Å². The SMILES string of the molecule is CC[C@@H]1C2CCC[C@H]3C[C@@H](c4nc5ccc(-c6cc7ccc6CCc6ccc(c(-c8ccc9nc([C@@H]%10C[C@@H]%11CCCC%12[C@@H](CC)[C@H](NC(=O)OC)C(=O)N%10[C@@H]%12%11)[nH]c9c8)c6)C[C@H]7C)cc5[nH]4)N(C(=O)[C@H]1NC(=O)OC)[C@@H]23. The van der Waals surface area contributed by atoms with E-state index in [-0.39, 0.29) is 53.7 Å². The summed E-state index contributed by atoms with van der Waals surface area (Å²) in [6.45, 7) is 6.60. The molecule has 4 amide bonds. The monoisotopic (exact) mass is 1010 g/mol. The summed E-state index contributed by atoms with van der Waals surface area (Å²) >= 11 is 0. The fourth-order valence-corrected chi connectivity index (χ4v) is 16.3. The van der Waals surface area contributed by atoms with Gasteiger partial charge < -0.3 is 39.9 Å². The first-order chi connectivity index (χ1) is 36.5. The van der Waals surface area contributed by atoms with Crippen LogP contribution in [0.15, 0.2) is 72.8 Å². The third-order valence-corrected chi connectivity index (χ3v) is 19.6. The Kier molecular flexibility index (Phi) is 12.1. The van der Waals surface area contributed by atoms with Gasteiger partial charge in [-0.05, 0) is 168 Å². The van der Waals surface area contributed by atoms with Gasteiger partial charge in [-0.2, -0.15) is 0 Å². The molecule has 4 aliphatic heterocycles. The van der Waals surface area contributed by atoms with Gasteiger partial charge in [0, 0.05) is 12.1 Å². The van der Waals surface area contributed by atoms with E-state index in [9.17, 15) is 19.2 Å². The first-order valence-electron chi connectivity index (χ1n) is 28.1. The van der Waals surface area contributed by atoms with E-state index in [1.807, 2.05) is 0 Å². The number of alkyl carbamates (subject to hydrolysis) is 2. The van der Waals surface area contributed by atoms with Crippen molar-refractivity contribution in [3.63, 3.8) is 0 Å². The summed E-state index contributed by atoms with van der Waals surface area (Å²) in [5.74, 6) is 3.49. The molecule has 6 aromatic rings. The van der Waals surface area contributed by atoms with Crippen LogP contribution in [0.4, 0.5) is 9.59 Å². The fraction of sp³-hybridized carbons (Fsp3) is 0.508. The molecular weight excluding hydrogens is 941 g/mol. The molecule has 16 rings (SSSR count). The molecule has 75 heavy (non-hydrogen) atoms. The second kappa shape index (κ2) is 18.8. The first-order valence-corrected chi connectivity index (χ1v) is 28.1. The zero-order chi connectivity index (χ0) is 51.4. The maximum atomic E-state index is 14.5. The molecule has 6 heterocycles. The molecule has 10 aliphatic rings. The number of nitrogens with one attached hydrogen (secondary N) is 4. The number of aryl methyl sites for hydroxylation is 2. The number of aromatic amines is 2. The van der Waals surface area contributed by atoms with E-state index in [1.165, 1.54) is 47.6 Å². The summed E-state index contributed by atoms with van der Waals surface area (Å²) < 4.78 is 10.0. The van der Waals surface area contributed by atoms with Crippen LogP contribution in [0.2, 0.25) is 0 Å². The Hall–Kier alpha value is -6.70. The van der Waals surface area contributed by atoms with Crippen LogP contribution in [0.25, 0.3) is 44.3 Å². The lowest BCUT2D eigenvalue weighted by atomic mass is 9.66. The second-order valence-electron chi connectivity index (χ2n) is 23.3. The molecule has 14 heteroatoms. The molecule has 6 aliphatic carbocycles. The van der Waals surface area contributed by atoms with Gasteiger partial charge in [-0.25, -0.2) is 19.6 Å². The minimum absolute atomic E-state index is 0.0177. The van der Waals surface area contributed by atoms with Gasteiger partial charge in [0.2, 0.25) is 11.8 Å². The van der Waals surface area contributed by atoms with Crippen LogP contribution in [-0.4, -0.2) is 92.1 Å². The first kappa shape index (κ1) is 48.0. The van der Waals surface area contributed by atoms with Crippen LogP contribution >= 0.6 is 0 Å². The molecule has 2 unspecified atom stereocenters. The molecule has 14 nitrogen and oxygen atoms in total. The Morgan fingerprint density at radius 1 is 0.640 bits per heavy atom. The van der Waals surface area contributed by atoms with Gasteiger partial charge in [-0.3, -0.25) is 9.59 Å². The molecule has 4 saturated heterocycles. The predicted octanol–water partition coefficient (Wildman–Crippen LogP) is 10.9. The summed E-state index contributed by atoms with van der Waals surface area (Å²) in [4.78, 5) is 76.1. The summed E-state index contributed by atoms with van der Waals surface area (Å²) in [6, 6.07) is 26.0. The van der Waals surface area contributed by atoms with E-state index in [0.717, 1.165) is 128 Å². The average Bonchev–Trinajstić information content (AvgIpc) is 4.35. The van der Waals surface area contributed by atoms with E-state index >= 15 is 0 Å². The topological polar surface area (TPSA) is 175 Å². The van der Waals surface area contributed by atoms with Crippen molar-refractivity contribution in [1.29, 1.82) is 0 Å². The highest BCUT2D eigenvalue weighted by Crippen LogP contribution is 2.56. The lowest BCUT2D eigenvalue weighted by molar-refractivity contribution is -0.149. The number of carbonyl (C=O) groups excluding carboxylic acids is 4. The molecule has 2 aromatic heterocycles. The zero-order valence-electron chi connectivity index (χ0n) is 43.9. The Morgan fingerprint density at radius 2 is 1.16 bits per heavy atom. The Bertz CT molecular complexity index is 3250. The number of aromatic nitrogens is 4. The van der Waals surface area contributed by atoms with Crippen molar-refractivity contribution in [1.82, 2.24) is 40.4 Å². The normalized spacial score (nSPS) is 30.8. The van der Waals surface area contributed by atoms with Gasteiger partial charge in [0.15, 0.2) is 0 Å². The predicted molar refractivity (Wildman–Crippen MR) is 286 cm³/mol. The van der Waals surface area contributed by atoms with E-state index in [0.29, 0.717) is 23.7 Å². The standard InChI is InChI=1S/C61H70N8O6/c1-6-40-42-12-8-10-38-29-50(68(54(38)42)58(70)52(40)66-60(72)74-4)56-62-46-22-20-36(27-48(46)64-56)44-25-32-14-16-33-18-19-34(31(3)24-35(44)17-15-32)26-45(33)37-21-23-47-49(28-37)65-57(63-47)51-30-39-11-9-13-43-41(7-2)53(67-61(73)75-5)59(71)69(51)55(39)43/h15,17-23,25-28,31,38-43,50-55H,6-14,16,24,29-30H2,1-5H3,(H,62,64)(H,63,65)(H,66,72)(H,67,73)/t31-,38+,39+,40-,41-,42?,43?,50+,51+,52+,53+,54-,55-/m1/s1. The summed E-state index contributed by atoms with van der Waals surface area (Å²) in [5, 5.41) is 5.88. The van der Waals surface area contributed by atoms with Crippen molar-refractivity contribution in [2.45, 2.75) is 146 Å². The molecule has 0 radical (unpaired) electrons. The van der Waals surface area contributed by atoms with Gasteiger partial charge in [0.25, 0.3) is 0 Å². The number of hydrogen-bond donors (Lipinski definition) is 4. The maximum absolute atomic E-state index is 14.5. The summed E-state index contributed by atoms with van der Waals surface area (Å²) in [7, 11) is 2.71. The third-order valence-electron chi connectivity index (χ3n) is 19.6. The molecule has 6 fully saturated rings. The van der Waals surface area contributed by atoms with Gasteiger partial charge >= 0.3 is 12.2 Å². The number of H-pyrrole nitrogens is 2. The van der Waals surface area contributed by atoms with Crippen molar-refractivity contribution in [3.05, 3.63) is 107 Å². The van der Waals surface area contributed by atoms with E-state index in [4.69, 9.17) is 19.4 Å². The molecular formula is C61H70N8O6. The second-order valence-corrected chi connectivity index (χ2v) is 23.3. The minimum atomic E-state index is -0.610. The number of benzene rings is 4. The van der Waals surface area contributed by atoms with Crippen LogP contribution in [0, 0.1) is 35.5 Å². The number of piperidine rings is 2. The van der Waals surface area contributed by atoms with Crippen LogP contribution < -0.4 is 10.6 Å². The Morgan fingerprint density at radius 3 is 1.68 bits per heavy atom. The molecule has 0 spiro atoms. The average molecular weight is 1010 g/mol. The number of fused-ring (bicyclic) bond motifs is 2. The highest BCUT2D eigenvalue weighted by atomic mass is 16.5. The quantitative estimate of drug-likeness (QED) is 0.117. The van der Waals surface area contributed by atoms with E-state index in [1.54, 1.807) is 0 Å². The van der Waals surface area contributed by atoms with E-state index in [2.05, 4.69) is 124 Å². The van der Waals surface area contributed by atoms with Crippen molar-refractivity contribution in [2.75, 3.05) is 14.2 Å². The smallest absolute Gasteiger partial charge is 0.407 e. The number of imidazole rings is 2. The number of ether oxygens (including phenoxy) is 2. The number of hydrogen-bond acceptors (Lipinski definition) is 8. The van der Waals surface area contributed by atoms with Gasteiger partial charge in [-0.15, -0.1) is 0 Å². The Labute approximate surface area is 438 Å². The molecule has 4 N–H and O–H groups in total. The highest BCUT2D eigenvalue weighted by molar-refractivity contribution is 5.90. The minimum Gasteiger partial charge on any atom is -0.453 e. The van der Waals surface area contributed by atoms with Gasteiger partial charge in [0.05, 0.1) is 48.4 Å². The molecule has 13 atom stereocenters. The highest BCUT2D eigenvalue weighted by Gasteiger charge is 2.60. The summed E-state index contributed by atoms with van der Waals surface area (Å²) in [5.41, 5.74) is 13.6. The number of amides is 4. The lowest BCUT2D eigenvalue weighted by Crippen LogP contribution is -2.64. The molecule has 4 aromatic carbocycles. The maximum Gasteiger partial charge on any atom is 0.407 e. The summed E-state index contributed by atoms with van der Waals surface area (Å²) in [6.07, 6.45) is 11.5. The van der Waals surface area contributed by atoms with Crippen molar-refractivity contribution >= 4 is 46.1 Å². The number of methoxy groups -OCH3 is 2. The largest absolute Gasteiger partial charge is 0.453 e. The van der Waals surface area contributed by atoms with Crippen LogP contribution in [0.5, 0.6) is 0 Å². The van der Waals surface area contributed by atoms with Crippen LogP contribution in [0.1, 0.15) is 137 Å². The van der Waals surface area contributed by atoms with E-state index < -0.39 is 24.3 Å². The van der Waals surface area contributed by atoms with Crippen molar-refractivity contribution < 1.29 is 28.7 Å². The Balaban J connectivity index is 0.770. The fourth-order valence-electron chi connectivity index (χ4n) is 16.3. The van der Waals surface area contributed by atoms with Gasteiger partial charge in [0.1, 0.15) is 23.7 Å². The van der Waals surface area contributed by atoms with Crippen LogP contribution in [0.3, 0.4) is 0 Å². The molecule has 2 saturated carbocycles. The van der Waals surface area contributed by atoms with Gasteiger partial charge in [-0.1, -0.05) is 95.0 Å². The van der Waals surface area contributed by atoms with Crippen molar-refractivity contribution in [2.24, 2.45) is 35.5 Å². The third kappa shape index (κ3) is 7.92. The van der Waals surface area contributed by atoms with Crippen molar-refractivity contribution in [3.8, 4) is 22.3 Å². The molecule has 4 bridgehead atoms. The number of rotatable bonds is 8. The zero-order valence-corrected chi connectivity index (χ0v) is 43.9. The lowest BCUT2D eigenvalue weighted by Gasteiger charge is -2.50. The number of carbonyl (C=O) groups is 4. The number of nitrogens with zero attached hydrogens (tertiary/aromatic N) is 4. The molecule has 390 valence electrons.